The Morgan fingerprint density at radius 3 is 3.00 bits per heavy atom. The fraction of sp³-hybridized carbons (Fsp3) is 0.450. The first-order chi connectivity index (χ1) is 14.4. The smallest absolute Gasteiger partial charge is 0.412 e. The molecule has 1 atom stereocenters. The number of halogens is 2. The maximum Gasteiger partial charge on any atom is 0.412 e. The molecule has 3 N–H and O–H groups in total. The molecule has 5 rings (SSSR count). The Morgan fingerprint density at radius 1 is 1.43 bits per heavy atom. The van der Waals surface area contributed by atoms with Gasteiger partial charge in [-0.3, -0.25) is 10.1 Å². The second-order valence-corrected chi connectivity index (χ2v) is 8.54. The van der Waals surface area contributed by atoms with Gasteiger partial charge in [0.1, 0.15) is 12.4 Å². The van der Waals surface area contributed by atoms with E-state index in [-0.39, 0.29) is 29.6 Å². The number of likely N-dealkylation sites (tertiary alicyclic amines) is 1. The standard InChI is InChI=1S/C20H21ClFN5O3/c21-12-4-5-13-17(18(12)22)20(30-19(29)24-13)6-1-7-26(10-20)16(28)9-27-15(23)8-14(25-27)11-2-3-11/h4-5,8,11H,1-3,6-7,9-10,23H2,(H,24,29)/t20-/m0/s1. The van der Waals surface area contributed by atoms with E-state index in [9.17, 15) is 14.0 Å². The number of rotatable bonds is 3. The zero-order valence-corrected chi connectivity index (χ0v) is 16.9. The molecule has 0 bridgehead atoms. The van der Waals surface area contributed by atoms with Gasteiger partial charge in [-0.25, -0.2) is 13.9 Å². The van der Waals surface area contributed by atoms with Gasteiger partial charge in [-0.2, -0.15) is 5.10 Å². The molecule has 1 spiro atoms. The minimum Gasteiger partial charge on any atom is -0.436 e. The second-order valence-electron chi connectivity index (χ2n) is 8.14. The molecule has 1 saturated carbocycles. The number of anilines is 2. The summed E-state index contributed by atoms with van der Waals surface area (Å²) in [6.45, 7) is 0.492. The number of nitrogen functional groups attached to an aromatic ring is 1. The molecule has 2 fully saturated rings. The number of benzene rings is 1. The molecular formula is C20H21ClFN5O3. The van der Waals surface area contributed by atoms with Crippen LogP contribution in [0.5, 0.6) is 0 Å². The summed E-state index contributed by atoms with van der Waals surface area (Å²) >= 11 is 5.99. The van der Waals surface area contributed by atoms with Gasteiger partial charge in [0.15, 0.2) is 11.4 Å². The quantitative estimate of drug-likeness (QED) is 0.773. The molecule has 2 amide bonds. The summed E-state index contributed by atoms with van der Waals surface area (Å²) in [5.74, 6) is 0.00683. The van der Waals surface area contributed by atoms with E-state index in [0.29, 0.717) is 36.8 Å². The molecule has 1 aromatic heterocycles. The van der Waals surface area contributed by atoms with Crippen LogP contribution in [0.15, 0.2) is 18.2 Å². The molecular weight excluding hydrogens is 413 g/mol. The van der Waals surface area contributed by atoms with Crippen molar-refractivity contribution in [2.45, 2.75) is 43.7 Å². The molecule has 3 heterocycles. The molecule has 1 aliphatic carbocycles. The predicted molar refractivity (Wildman–Crippen MR) is 108 cm³/mol. The van der Waals surface area contributed by atoms with E-state index in [1.165, 1.54) is 10.7 Å². The zero-order chi connectivity index (χ0) is 21.0. The van der Waals surface area contributed by atoms with E-state index < -0.39 is 17.5 Å². The monoisotopic (exact) mass is 433 g/mol. The molecule has 0 unspecified atom stereocenters. The van der Waals surface area contributed by atoms with Crippen LogP contribution >= 0.6 is 11.6 Å². The highest BCUT2D eigenvalue weighted by Gasteiger charge is 2.48. The number of ether oxygens (including phenoxy) is 1. The maximum absolute atomic E-state index is 15.0. The molecule has 2 aromatic rings. The first-order valence-corrected chi connectivity index (χ1v) is 10.3. The number of aromatic nitrogens is 2. The first kappa shape index (κ1) is 19.2. The number of amides is 2. The normalized spacial score (nSPS) is 23.1. The third kappa shape index (κ3) is 3.17. The van der Waals surface area contributed by atoms with Crippen molar-refractivity contribution < 1.29 is 18.7 Å². The summed E-state index contributed by atoms with van der Waals surface area (Å²) in [4.78, 5) is 26.8. The average Bonchev–Trinajstić information content (AvgIpc) is 3.49. The van der Waals surface area contributed by atoms with Crippen LogP contribution in [0, 0.1) is 5.82 Å². The van der Waals surface area contributed by atoms with Crippen LogP contribution in [0.1, 0.15) is 42.9 Å². The van der Waals surface area contributed by atoms with Crippen molar-refractivity contribution in [3.8, 4) is 0 Å². The van der Waals surface area contributed by atoms with Crippen molar-refractivity contribution >= 4 is 35.1 Å². The molecule has 30 heavy (non-hydrogen) atoms. The van der Waals surface area contributed by atoms with Crippen LogP contribution in [0.25, 0.3) is 0 Å². The van der Waals surface area contributed by atoms with Gasteiger partial charge in [-0.15, -0.1) is 0 Å². The molecule has 1 aromatic carbocycles. The Bertz CT molecular complexity index is 1050. The van der Waals surface area contributed by atoms with E-state index >= 15 is 0 Å². The molecule has 1 saturated heterocycles. The number of piperidine rings is 1. The molecule has 158 valence electrons. The summed E-state index contributed by atoms with van der Waals surface area (Å²) in [5.41, 5.74) is 6.15. The van der Waals surface area contributed by atoms with Gasteiger partial charge in [0.05, 0.1) is 28.5 Å². The van der Waals surface area contributed by atoms with Crippen molar-refractivity contribution in [1.29, 1.82) is 0 Å². The lowest BCUT2D eigenvalue weighted by atomic mass is 9.83. The summed E-state index contributed by atoms with van der Waals surface area (Å²) in [5, 5.41) is 6.91. The Balaban J connectivity index is 1.42. The van der Waals surface area contributed by atoms with Crippen molar-refractivity contribution in [2.75, 3.05) is 24.1 Å². The molecule has 0 radical (unpaired) electrons. The Hall–Kier alpha value is -2.81. The molecule has 3 aliphatic rings. The van der Waals surface area contributed by atoms with E-state index in [2.05, 4.69) is 10.4 Å². The van der Waals surface area contributed by atoms with Crippen molar-refractivity contribution in [3.63, 3.8) is 0 Å². The van der Waals surface area contributed by atoms with Gasteiger partial charge in [0.25, 0.3) is 0 Å². The van der Waals surface area contributed by atoms with Crippen LogP contribution in [-0.2, 0) is 21.7 Å². The Kier molecular flexibility index (Phi) is 4.39. The number of nitrogens with two attached hydrogens (primary N) is 1. The van der Waals surface area contributed by atoms with Crippen LogP contribution in [-0.4, -0.2) is 39.8 Å². The van der Waals surface area contributed by atoms with E-state index in [1.54, 1.807) is 11.0 Å². The van der Waals surface area contributed by atoms with E-state index in [1.807, 2.05) is 6.07 Å². The SMILES string of the molecule is Nc1cc(C2CC2)nn1CC(=O)N1CCC[C@@]2(C1)OC(=O)Nc1ccc(Cl)c(F)c12. The van der Waals surface area contributed by atoms with E-state index in [4.69, 9.17) is 22.1 Å². The fourth-order valence-electron chi connectivity index (χ4n) is 4.37. The average molecular weight is 434 g/mol. The van der Waals surface area contributed by atoms with Crippen LogP contribution in [0.3, 0.4) is 0 Å². The maximum atomic E-state index is 15.0. The number of carbonyl (C=O) groups excluding carboxylic acids is 2. The minimum atomic E-state index is -1.28. The van der Waals surface area contributed by atoms with Gasteiger partial charge in [-0.1, -0.05) is 11.6 Å². The summed E-state index contributed by atoms with van der Waals surface area (Å²) < 4.78 is 22.0. The summed E-state index contributed by atoms with van der Waals surface area (Å²) in [6, 6.07) is 4.75. The minimum absolute atomic E-state index is 0.0221. The number of nitrogens with zero attached hydrogens (tertiary/aromatic N) is 3. The van der Waals surface area contributed by atoms with Crippen LogP contribution in [0.2, 0.25) is 5.02 Å². The summed E-state index contributed by atoms with van der Waals surface area (Å²) in [6.07, 6.45) is 2.44. The zero-order valence-electron chi connectivity index (χ0n) is 16.2. The van der Waals surface area contributed by atoms with Gasteiger partial charge < -0.3 is 15.4 Å². The van der Waals surface area contributed by atoms with E-state index in [0.717, 1.165) is 18.5 Å². The lowest BCUT2D eigenvalue weighted by Crippen LogP contribution is -2.54. The fourth-order valence-corrected chi connectivity index (χ4v) is 4.53. The topological polar surface area (TPSA) is 102 Å². The molecule has 2 aliphatic heterocycles. The number of carbonyl (C=O) groups is 2. The summed E-state index contributed by atoms with van der Waals surface area (Å²) in [7, 11) is 0. The lowest BCUT2D eigenvalue weighted by molar-refractivity contribution is -0.140. The highest BCUT2D eigenvalue weighted by Crippen LogP contribution is 2.45. The lowest BCUT2D eigenvalue weighted by Gasteiger charge is -2.45. The van der Waals surface area contributed by atoms with Crippen molar-refractivity contribution in [2.24, 2.45) is 0 Å². The van der Waals surface area contributed by atoms with Gasteiger partial charge in [0, 0.05) is 18.5 Å². The van der Waals surface area contributed by atoms with Gasteiger partial charge in [-0.05, 0) is 37.8 Å². The van der Waals surface area contributed by atoms with Crippen LogP contribution < -0.4 is 11.1 Å². The third-order valence-electron chi connectivity index (χ3n) is 5.99. The first-order valence-electron chi connectivity index (χ1n) is 9.96. The van der Waals surface area contributed by atoms with Gasteiger partial charge in [0.2, 0.25) is 5.91 Å². The number of fused-ring (bicyclic) bond motifs is 2. The predicted octanol–water partition coefficient (Wildman–Crippen LogP) is 3.22. The third-order valence-corrected chi connectivity index (χ3v) is 6.29. The second kappa shape index (κ2) is 6.87. The van der Waals surface area contributed by atoms with Crippen LogP contribution in [0.4, 0.5) is 20.7 Å². The molecule has 8 nitrogen and oxygen atoms in total. The van der Waals surface area contributed by atoms with Gasteiger partial charge >= 0.3 is 6.09 Å². The number of hydrogen-bond acceptors (Lipinski definition) is 5. The number of nitrogens with one attached hydrogen (secondary N) is 1. The highest BCUT2D eigenvalue weighted by atomic mass is 35.5. The van der Waals surface area contributed by atoms with Crippen molar-refractivity contribution in [3.05, 3.63) is 40.3 Å². The molecule has 10 heteroatoms. The van der Waals surface area contributed by atoms with Crippen molar-refractivity contribution in [1.82, 2.24) is 14.7 Å². The highest BCUT2D eigenvalue weighted by molar-refractivity contribution is 6.31. The largest absolute Gasteiger partial charge is 0.436 e. The number of hydrogen-bond donors (Lipinski definition) is 2. The Labute approximate surface area is 177 Å². The Morgan fingerprint density at radius 2 is 2.23 bits per heavy atom.